The quantitative estimate of drug-likeness (QED) is 0.184. The Morgan fingerprint density at radius 3 is 1.89 bits per heavy atom. The smallest absolute Gasteiger partial charge is 0.416 e. The van der Waals surface area contributed by atoms with Gasteiger partial charge in [-0.05, 0) is 29.8 Å². The van der Waals surface area contributed by atoms with E-state index in [9.17, 15) is 42.3 Å². The van der Waals surface area contributed by atoms with Crippen molar-refractivity contribution in [3.8, 4) is 0 Å². The summed E-state index contributed by atoms with van der Waals surface area (Å²) in [5.74, 6) is -7.52. The summed E-state index contributed by atoms with van der Waals surface area (Å²) in [5.41, 5.74) is -3.85. The van der Waals surface area contributed by atoms with Crippen molar-refractivity contribution in [1.82, 2.24) is 0 Å². The van der Waals surface area contributed by atoms with E-state index >= 15 is 0 Å². The number of hydrogen-bond donors (Lipinski definition) is 1. The number of carboxylic acid groups (broad SMARTS) is 1. The number of carbonyl (C=O) groups excluding carboxylic acids is 4. The second-order valence-corrected chi connectivity index (χ2v) is 8.49. The number of hydrogen-bond acceptors (Lipinski definition) is 8. The molecule has 2 aromatic rings. The van der Waals surface area contributed by atoms with Gasteiger partial charge in [0.25, 0.3) is 0 Å². The Labute approximate surface area is 219 Å². The third-order valence-corrected chi connectivity index (χ3v) is 5.74. The van der Waals surface area contributed by atoms with Gasteiger partial charge < -0.3 is 19.3 Å². The van der Waals surface area contributed by atoms with Crippen LogP contribution >= 0.6 is 11.6 Å². The summed E-state index contributed by atoms with van der Waals surface area (Å²) >= 11 is 5.93. The van der Waals surface area contributed by atoms with Gasteiger partial charge in [-0.1, -0.05) is 35.9 Å². The van der Waals surface area contributed by atoms with E-state index in [-0.39, 0.29) is 16.1 Å². The van der Waals surface area contributed by atoms with Crippen molar-refractivity contribution in [3.63, 3.8) is 0 Å². The monoisotopic (exact) mass is 558 g/mol. The van der Waals surface area contributed by atoms with Crippen molar-refractivity contribution in [1.29, 1.82) is 0 Å². The molecule has 204 valence electrons. The predicted molar refractivity (Wildman–Crippen MR) is 124 cm³/mol. The van der Waals surface area contributed by atoms with Gasteiger partial charge in [-0.15, -0.1) is 0 Å². The van der Waals surface area contributed by atoms with Gasteiger partial charge in [0, 0.05) is 36.8 Å². The molecule has 0 aliphatic carbocycles. The van der Waals surface area contributed by atoms with E-state index in [1.165, 1.54) is 24.3 Å². The molecule has 0 heterocycles. The molecule has 0 spiro atoms. The fourth-order valence-corrected chi connectivity index (χ4v) is 3.66. The van der Waals surface area contributed by atoms with Gasteiger partial charge in [0.05, 0.1) is 5.56 Å². The Morgan fingerprint density at radius 2 is 1.42 bits per heavy atom. The number of esters is 3. The molecule has 0 fully saturated rings. The zero-order chi connectivity index (χ0) is 28.7. The molecule has 0 aromatic heterocycles. The van der Waals surface area contributed by atoms with E-state index in [0.717, 1.165) is 26.0 Å². The van der Waals surface area contributed by atoms with Crippen LogP contribution in [0.4, 0.5) is 13.2 Å². The maximum atomic E-state index is 13.2. The summed E-state index contributed by atoms with van der Waals surface area (Å²) in [6.45, 7) is -0.0779. The average Bonchev–Trinajstić information content (AvgIpc) is 2.83. The molecule has 0 aliphatic heterocycles. The van der Waals surface area contributed by atoms with Gasteiger partial charge in [0.2, 0.25) is 12.2 Å². The molecule has 2 atom stereocenters. The van der Waals surface area contributed by atoms with E-state index in [4.69, 9.17) is 21.1 Å². The SMILES string of the molecule is CC(=O)OCOC(=O)C(COC(C)=O)(C(=O)O)C(CC(=O)c1ccc(C(F)(F)F)cc1)c1ccc(Cl)cc1. The maximum Gasteiger partial charge on any atom is 0.416 e. The number of benzene rings is 2. The van der Waals surface area contributed by atoms with Crippen LogP contribution in [0, 0.1) is 5.41 Å². The summed E-state index contributed by atoms with van der Waals surface area (Å²) < 4.78 is 53.1. The third kappa shape index (κ3) is 7.54. The lowest BCUT2D eigenvalue weighted by atomic mass is 9.69. The summed E-state index contributed by atoms with van der Waals surface area (Å²) in [6.07, 6.45) is -5.38. The van der Waals surface area contributed by atoms with Crippen LogP contribution in [0.5, 0.6) is 0 Å². The fourth-order valence-electron chi connectivity index (χ4n) is 3.53. The van der Waals surface area contributed by atoms with Crippen LogP contribution in [-0.4, -0.2) is 48.2 Å². The molecule has 1 N–H and O–H groups in total. The fraction of sp³-hybridized carbons (Fsp3) is 0.320. The van der Waals surface area contributed by atoms with Crippen LogP contribution in [0.1, 0.15) is 47.7 Å². The molecule has 0 radical (unpaired) electrons. The predicted octanol–water partition coefficient (Wildman–Crippen LogP) is 4.41. The van der Waals surface area contributed by atoms with Gasteiger partial charge in [0.15, 0.2) is 5.78 Å². The minimum absolute atomic E-state index is 0.0913. The number of aliphatic carboxylic acids is 1. The van der Waals surface area contributed by atoms with Crippen LogP contribution in [0.2, 0.25) is 5.02 Å². The first-order valence-electron chi connectivity index (χ1n) is 10.8. The first-order chi connectivity index (χ1) is 17.7. The maximum absolute atomic E-state index is 13.2. The average molecular weight is 559 g/mol. The van der Waals surface area contributed by atoms with E-state index in [1.807, 2.05) is 0 Å². The van der Waals surface area contributed by atoms with Crippen molar-refractivity contribution in [2.24, 2.45) is 5.41 Å². The van der Waals surface area contributed by atoms with E-state index in [1.54, 1.807) is 0 Å². The Hall–Kier alpha value is -3.93. The van der Waals surface area contributed by atoms with E-state index in [2.05, 4.69) is 4.74 Å². The van der Waals surface area contributed by atoms with Crippen LogP contribution in [0.25, 0.3) is 0 Å². The molecule has 2 rings (SSSR count). The second kappa shape index (κ2) is 12.5. The number of alkyl halides is 3. The summed E-state index contributed by atoms with van der Waals surface area (Å²) in [6, 6.07) is 8.57. The topological polar surface area (TPSA) is 133 Å². The lowest BCUT2D eigenvalue weighted by molar-refractivity contribution is -0.186. The van der Waals surface area contributed by atoms with E-state index < -0.39 is 72.6 Å². The largest absolute Gasteiger partial charge is 0.480 e. The number of ketones is 1. The Morgan fingerprint density at radius 1 is 0.868 bits per heavy atom. The minimum atomic E-state index is -4.65. The minimum Gasteiger partial charge on any atom is -0.480 e. The highest BCUT2D eigenvalue weighted by atomic mass is 35.5. The molecule has 2 aromatic carbocycles. The van der Waals surface area contributed by atoms with Gasteiger partial charge in [-0.25, -0.2) is 0 Å². The lowest BCUT2D eigenvalue weighted by Crippen LogP contribution is -2.50. The van der Waals surface area contributed by atoms with Crippen molar-refractivity contribution in [2.75, 3.05) is 13.4 Å². The summed E-state index contributed by atoms with van der Waals surface area (Å²) in [4.78, 5) is 61.7. The molecule has 0 aliphatic rings. The number of carbonyl (C=O) groups is 5. The second-order valence-electron chi connectivity index (χ2n) is 8.05. The lowest BCUT2D eigenvalue weighted by Gasteiger charge is -2.34. The van der Waals surface area contributed by atoms with Crippen LogP contribution in [0.15, 0.2) is 48.5 Å². The van der Waals surface area contributed by atoms with Crippen molar-refractivity contribution in [3.05, 3.63) is 70.2 Å². The Kier molecular flexibility index (Phi) is 10.0. The van der Waals surface area contributed by atoms with Crippen LogP contribution < -0.4 is 0 Å². The van der Waals surface area contributed by atoms with E-state index in [0.29, 0.717) is 12.1 Å². The van der Waals surface area contributed by atoms with Crippen molar-refractivity contribution >= 4 is 41.3 Å². The number of Topliss-reactive ketones (excluding diaryl/α,β-unsaturated/α-hetero) is 1. The molecular formula is C25H22ClF3O9. The summed E-state index contributed by atoms with van der Waals surface area (Å²) in [5, 5.41) is 10.5. The normalized spacial score (nSPS) is 13.5. The van der Waals surface area contributed by atoms with Gasteiger partial charge in [0.1, 0.15) is 6.61 Å². The summed E-state index contributed by atoms with van der Waals surface area (Å²) in [7, 11) is 0. The third-order valence-electron chi connectivity index (χ3n) is 5.49. The Bertz CT molecular complexity index is 1190. The zero-order valence-corrected chi connectivity index (χ0v) is 20.8. The van der Waals surface area contributed by atoms with Crippen molar-refractivity contribution in [2.45, 2.75) is 32.4 Å². The van der Waals surface area contributed by atoms with Crippen LogP contribution in [0.3, 0.4) is 0 Å². The molecule has 0 saturated heterocycles. The van der Waals surface area contributed by atoms with Crippen molar-refractivity contribution < 1.29 is 56.5 Å². The van der Waals surface area contributed by atoms with Gasteiger partial charge in [-0.3, -0.25) is 24.0 Å². The highest BCUT2D eigenvalue weighted by Gasteiger charge is 2.56. The number of halogens is 4. The highest BCUT2D eigenvalue weighted by Crippen LogP contribution is 2.42. The number of rotatable bonds is 11. The highest BCUT2D eigenvalue weighted by molar-refractivity contribution is 6.30. The van der Waals surface area contributed by atoms with Gasteiger partial charge >= 0.3 is 30.1 Å². The number of ether oxygens (including phenoxy) is 3. The molecule has 0 saturated carbocycles. The molecule has 0 bridgehead atoms. The van der Waals surface area contributed by atoms with Gasteiger partial charge in [-0.2, -0.15) is 13.2 Å². The standard InChI is InChI=1S/C25H22ClF3O9/c1-14(30)36-12-24(22(33)34,23(35)38-13-37-15(2)31)20(16-5-9-19(26)10-6-16)11-21(32)17-3-7-18(8-4-17)25(27,28)29/h3-10,20H,11-13H2,1-2H3,(H,33,34). The molecule has 9 nitrogen and oxygen atoms in total. The van der Waals surface area contributed by atoms with Crippen LogP contribution in [-0.2, 0) is 39.6 Å². The molecule has 38 heavy (non-hydrogen) atoms. The molecule has 0 amide bonds. The number of carboxylic acids is 1. The first kappa shape index (κ1) is 30.3. The molecule has 2 unspecified atom stereocenters. The molecule has 13 heteroatoms. The Balaban J connectivity index is 2.61. The molecular weight excluding hydrogens is 537 g/mol. The zero-order valence-electron chi connectivity index (χ0n) is 20.0. The first-order valence-corrected chi connectivity index (χ1v) is 11.2.